The molecule has 1 aliphatic carbocycles. The summed E-state index contributed by atoms with van der Waals surface area (Å²) in [5.74, 6) is -1.44. The molecule has 2 N–H and O–H groups in total. The van der Waals surface area contributed by atoms with Gasteiger partial charge in [0.05, 0.1) is 13.2 Å². The summed E-state index contributed by atoms with van der Waals surface area (Å²) < 4.78 is 10.9. The van der Waals surface area contributed by atoms with Crippen LogP contribution in [0.5, 0.6) is 0 Å². The van der Waals surface area contributed by atoms with Gasteiger partial charge in [-0.3, -0.25) is 4.79 Å². The second-order valence-corrected chi connectivity index (χ2v) is 9.44. The fourth-order valence-corrected chi connectivity index (χ4v) is 4.87. The molecular weight excluding hydrogens is 448 g/mol. The van der Waals surface area contributed by atoms with Crippen molar-refractivity contribution in [1.82, 2.24) is 10.2 Å². The van der Waals surface area contributed by atoms with Gasteiger partial charge in [0.25, 0.3) is 0 Å². The van der Waals surface area contributed by atoms with Crippen molar-refractivity contribution in [1.29, 1.82) is 0 Å². The molecule has 2 unspecified atom stereocenters. The number of carboxylic acid groups (broad SMARTS) is 1. The van der Waals surface area contributed by atoms with Crippen LogP contribution in [0.1, 0.15) is 43.7 Å². The minimum Gasteiger partial charge on any atom is -0.479 e. The summed E-state index contributed by atoms with van der Waals surface area (Å²) >= 11 is 0. The van der Waals surface area contributed by atoms with Crippen LogP contribution in [0.25, 0.3) is 11.1 Å². The topological polar surface area (TPSA) is 105 Å². The highest BCUT2D eigenvalue weighted by Gasteiger charge is 2.41. The Morgan fingerprint density at radius 1 is 1.14 bits per heavy atom. The number of carbonyl (C=O) groups excluding carboxylic acids is 2. The van der Waals surface area contributed by atoms with E-state index in [4.69, 9.17) is 9.47 Å². The minimum atomic E-state index is -1.38. The smallest absolute Gasteiger partial charge is 0.407 e. The molecule has 2 aliphatic rings. The zero-order chi connectivity index (χ0) is 25.0. The lowest BCUT2D eigenvalue weighted by molar-refractivity contribution is -0.178. The largest absolute Gasteiger partial charge is 0.479 e. The van der Waals surface area contributed by atoms with Gasteiger partial charge in [0.15, 0.2) is 5.60 Å². The Kier molecular flexibility index (Phi) is 7.40. The van der Waals surface area contributed by atoms with Crippen LogP contribution in [0.2, 0.25) is 0 Å². The van der Waals surface area contributed by atoms with Crippen LogP contribution in [-0.4, -0.2) is 66.4 Å². The van der Waals surface area contributed by atoms with Crippen LogP contribution in [-0.2, 0) is 19.1 Å². The first-order valence-corrected chi connectivity index (χ1v) is 12.0. The summed E-state index contributed by atoms with van der Waals surface area (Å²) in [5, 5.41) is 12.1. The number of rotatable bonds is 8. The highest BCUT2D eigenvalue weighted by atomic mass is 16.5. The summed E-state index contributed by atoms with van der Waals surface area (Å²) in [4.78, 5) is 38.0. The Hall–Kier alpha value is -3.39. The zero-order valence-electron chi connectivity index (χ0n) is 20.2. The number of alkyl carbamates (subject to hydrolysis) is 1. The normalized spacial score (nSPS) is 20.0. The number of hydrogen-bond donors (Lipinski definition) is 2. The maximum Gasteiger partial charge on any atom is 0.407 e. The van der Waals surface area contributed by atoms with E-state index < -0.39 is 17.7 Å². The molecule has 1 aliphatic heterocycles. The van der Waals surface area contributed by atoms with Crippen LogP contribution < -0.4 is 5.32 Å². The lowest BCUT2D eigenvalue weighted by Gasteiger charge is -2.38. The van der Waals surface area contributed by atoms with Crippen molar-refractivity contribution in [2.45, 2.75) is 38.2 Å². The molecule has 8 heteroatoms. The van der Waals surface area contributed by atoms with E-state index >= 15 is 0 Å². The Morgan fingerprint density at radius 3 is 2.40 bits per heavy atom. The third-order valence-electron chi connectivity index (χ3n) is 6.89. The molecular formula is C27H32N2O6. The lowest BCUT2D eigenvalue weighted by Crippen LogP contribution is -2.57. The van der Waals surface area contributed by atoms with Gasteiger partial charge in [-0.05, 0) is 42.0 Å². The van der Waals surface area contributed by atoms with Crippen molar-refractivity contribution < 1.29 is 29.0 Å². The van der Waals surface area contributed by atoms with E-state index in [9.17, 15) is 19.5 Å². The number of ether oxygens (including phenoxy) is 2. The maximum absolute atomic E-state index is 12.8. The summed E-state index contributed by atoms with van der Waals surface area (Å²) in [6.07, 6.45) is 0.706. The Labute approximate surface area is 205 Å². The number of hydrogen-bond acceptors (Lipinski definition) is 5. The lowest BCUT2D eigenvalue weighted by atomic mass is 9.98. The first kappa shape index (κ1) is 24.7. The van der Waals surface area contributed by atoms with E-state index in [0.29, 0.717) is 25.9 Å². The second kappa shape index (κ2) is 10.5. The molecule has 35 heavy (non-hydrogen) atoms. The van der Waals surface area contributed by atoms with Crippen molar-refractivity contribution in [3.8, 4) is 11.1 Å². The highest BCUT2D eigenvalue weighted by Crippen LogP contribution is 2.44. The number of aliphatic carboxylic acids is 1. The maximum atomic E-state index is 12.8. The molecule has 2 aromatic rings. The van der Waals surface area contributed by atoms with Crippen molar-refractivity contribution >= 4 is 18.0 Å². The van der Waals surface area contributed by atoms with Crippen LogP contribution in [0.15, 0.2) is 48.5 Å². The van der Waals surface area contributed by atoms with Crippen LogP contribution in [0, 0.1) is 5.92 Å². The summed E-state index contributed by atoms with van der Waals surface area (Å²) in [6, 6.07) is 16.4. The number of nitrogens with zero attached hydrogens (tertiary/aromatic N) is 1. The van der Waals surface area contributed by atoms with Crippen molar-refractivity contribution in [3.05, 3.63) is 59.7 Å². The van der Waals surface area contributed by atoms with Crippen molar-refractivity contribution in [3.63, 3.8) is 0 Å². The van der Waals surface area contributed by atoms with E-state index in [-0.39, 0.29) is 37.5 Å². The first-order chi connectivity index (χ1) is 16.8. The number of carboxylic acids is 1. The third kappa shape index (κ3) is 5.32. The molecule has 1 fully saturated rings. The van der Waals surface area contributed by atoms with Gasteiger partial charge in [-0.15, -0.1) is 0 Å². The number of carbonyl (C=O) groups is 3. The number of morpholine rings is 1. The van der Waals surface area contributed by atoms with E-state index in [0.717, 1.165) is 11.1 Å². The monoisotopic (exact) mass is 480 g/mol. The average molecular weight is 481 g/mol. The Morgan fingerprint density at radius 2 is 1.77 bits per heavy atom. The molecule has 4 rings (SSSR count). The van der Waals surface area contributed by atoms with E-state index in [1.807, 2.05) is 31.2 Å². The molecule has 2 aromatic carbocycles. The predicted molar refractivity (Wildman–Crippen MR) is 130 cm³/mol. The molecule has 2 amide bonds. The molecule has 186 valence electrons. The molecule has 0 bridgehead atoms. The van der Waals surface area contributed by atoms with Gasteiger partial charge in [0.2, 0.25) is 5.91 Å². The van der Waals surface area contributed by atoms with E-state index in [2.05, 4.69) is 29.6 Å². The minimum absolute atomic E-state index is 0.0100. The molecule has 0 saturated carbocycles. The molecule has 0 aromatic heterocycles. The SMILES string of the molecule is CC(CCCNC(=O)OCC1c2ccccc2-c2ccccc21)C(=O)N1CCOC(C)(C(=O)O)C1. The third-order valence-corrected chi connectivity index (χ3v) is 6.89. The molecule has 8 nitrogen and oxygen atoms in total. The number of amides is 2. The van der Waals surface area contributed by atoms with Gasteiger partial charge in [-0.2, -0.15) is 0 Å². The number of nitrogens with one attached hydrogen (secondary N) is 1. The van der Waals surface area contributed by atoms with Crippen LogP contribution in [0.4, 0.5) is 4.79 Å². The van der Waals surface area contributed by atoms with Crippen molar-refractivity contribution in [2.75, 3.05) is 32.8 Å². The molecule has 1 heterocycles. The highest BCUT2D eigenvalue weighted by molar-refractivity contribution is 5.82. The zero-order valence-corrected chi connectivity index (χ0v) is 20.2. The van der Waals surface area contributed by atoms with Crippen LogP contribution in [0.3, 0.4) is 0 Å². The van der Waals surface area contributed by atoms with Gasteiger partial charge in [-0.25, -0.2) is 9.59 Å². The molecule has 0 spiro atoms. The van der Waals surface area contributed by atoms with Crippen molar-refractivity contribution in [2.24, 2.45) is 5.92 Å². The fraction of sp³-hybridized carbons (Fsp3) is 0.444. The van der Waals surface area contributed by atoms with Gasteiger partial charge in [-0.1, -0.05) is 55.5 Å². The standard InChI is InChI=1S/C27H32N2O6/c1-18(24(30)29-14-15-35-27(2,17-29)25(31)32)8-7-13-28-26(33)34-16-23-21-11-5-3-9-19(21)20-10-4-6-12-22(20)23/h3-6,9-12,18,23H,7-8,13-17H2,1-2H3,(H,28,33)(H,31,32). The molecule has 2 atom stereocenters. The number of fused-ring (bicyclic) bond motifs is 3. The molecule has 0 radical (unpaired) electrons. The van der Waals surface area contributed by atoms with E-state index in [1.165, 1.54) is 18.1 Å². The van der Waals surface area contributed by atoms with Gasteiger partial charge in [0.1, 0.15) is 6.61 Å². The van der Waals surface area contributed by atoms with Gasteiger partial charge >= 0.3 is 12.1 Å². The number of benzene rings is 2. The molecule has 1 saturated heterocycles. The quantitative estimate of drug-likeness (QED) is 0.559. The fourth-order valence-electron chi connectivity index (χ4n) is 4.87. The first-order valence-electron chi connectivity index (χ1n) is 12.0. The van der Waals surface area contributed by atoms with Crippen LogP contribution >= 0.6 is 0 Å². The Balaban J connectivity index is 1.21. The summed E-state index contributed by atoms with van der Waals surface area (Å²) in [5.41, 5.74) is 3.31. The summed E-state index contributed by atoms with van der Waals surface area (Å²) in [6.45, 7) is 4.57. The predicted octanol–water partition coefficient (Wildman–Crippen LogP) is 3.64. The summed E-state index contributed by atoms with van der Waals surface area (Å²) in [7, 11) is 0. The average Bonchev–Trinajstić information content (AvgIpc) is 3.18. The second-order valence-electron chi connectivity index (χ2n) is 9.44. The van der Waals surface area contributed by atoms with Gasteiger partial charge < -0.3 is 24.8 Å². The van der Waals surface area contributed by atoms with Gasteiger partial charge in [0, 0.05) is 24.9 Å². The van der Waals surface area contributed by atoms with E-state index in [1.54, 1.807) is 4.90 Å². The Bertz CT molecular complexity index is 1060.